The van der Waals surface area contributed by atoms with E-state index in [0.717, 1.165) is 28.1 Å². The number of carbonyl (C=O) groups is 2. The fourth-order valence-electron chi connectivity index (χ4n) is 3.16. The third-order valence-corrected chi connectivity index (χ3v) is 4.86. The van der Waals surface area contributed by atoms with Crippen LogP contribution >= 0.6 is 0 Å². The van der Waals surface area contributed by atoms with Crippen LogP contribution in [0.5, 0.6) is 5.75 Å². The molecule has 0 radical (unpaired) electrons. The summed E-state index contributed by atoms with van der Waals surface area (Å²) in [4.78, 5) is 25.5. The molecule has 0 aromatic heterocycles. The molecule has 3 aromatic rings. The lowest BCUT2D eigenvalue weighted by Crippen LogP contribution is -2.27. The van der Waals surface area contributed by atoms with Crippen molar-refractivity contribution in [2.75, 3.05) is 19.1 Å². The minimum absolute atomic E-state index is 0.0307. The van der Waals surface area contributed by atoms with E-state index in [1.807, 2.05) is 66.7 Å². The maximum atomic E-state index is 12.2. The van der Waals surface area contributed by atoms with Gasteiger partial charge < -0.3 is 14.4 Å². The van der Waals surface area contributed by atoms with Crippen LogP contribution in [0.3, 0.4) is 0 Å². The predicted octanol–water partition coefficient (Wildman–Crippen LogP) is 5.21. The SMILES string of the molecule is COC(=O)c1ccc(/C=C\c2cccc(CN(C(C)=O)c3ccc(OC)cc3)c2)cc1. The normalized spacial score (nSPS) is 10.7. The third-order valence-electron chi connectivity index (χ3n) is 4.86. The molecule has 0 saturated heterocycles. The summed E-state index contributed by atoms with van der Waals surface area (Å²) in [7, 11) is 2.98. The highest BCUT2D eigenvalue weighted by molar-refractivity contribution is 5.91. The van der Waals surface area contributed by atoms with Gasteiger partial charge in [0, 0.05) is 12.6 Å². The Balaban J connectivity index is 1.74. The topological polar surface area (TPSA) is 55.8 Å². The molecule has 0 fully saturated rings. The zero-order valence-corrected chi connectivity index (χ0v) is 17.9. The monoisotopic (exact) mass is 415 g/mol. The number of ether oxygens (including phenoxy) is 2. The van der Waals surface area contributed by atoms with Crippen LogP contribution in [0.1, 0.15) is 34.0 Å². The Morgan fingerprint density at radius 1 is 0.871 bits per heavy atom. The second-order valence-electron chi connectivity index (χ2n) is 7.00. The Kier molecular flexibility index (Phi) is 7.22. The van der Waals surface area contributed by atoms with Crippen molar-refractivity contribution in [3.63, 3.8) is 0 Å². The van der Waals surface area contributed by atoms with E-state index in [0.29, 0.717) is 12.1 Å². The summed E-state index contributed by atoms with van der Waals surface area (Å²) in [5, 5.41) is 0. The van der Waals surface area contributed by atoms with Crippen molar-refractivity contribution < 1.29 is 19.1 Å². The van der Waals surface area contributed by atoms with Gasteiger partial charge in [-0.25, -0.2) is 4.79 Å². The number of rotatable bonds is 7. The van der Waals surface area contributed by atoms with Gasteiger partial charge in [-0.15, -0.1) is 0 Å². The predicted molar refractivity (Wildman–Crippen MR) is 123 cm³/mol. The average molecular weight is 415 g/mol. The first kappa shape index (κ1) is 21.8. The first-order valence-corrected chi connectivity index (χ1v) is 9.87. The molecule has 0 heterocycles. The fraction of sp³-hybridized carbons (Fsp3) is 0.154. The van der Waals surface area contributed by atoms with E-state index in [-0.39, 0.29) is 11.9 Å². The van der Waals surface area contributed by atoms with Gasteiger partial charge in [0.15, 0.2) is 0 Å². The van der Waals surface area contributed by atoms with Crippen molar-refractivity contribution in [1.29, 1.82) is 0 Å². The number of esters is 1. The van der Waals surface area contributed by atoms with Crippen molar-refractivity contribution >= 4 is 29.7 Å². The van der Waals surface area contributed by atoms with E-state index >= 15 is 0 Å². The second kappa shape index (κ2) is 10.3. The van der Waals surface area contributed by atoms with Crippen molar-refractivity contribution in [3.05, 3.63) is 95.1 Å². The van der Waals surface area contributed by atoms with Crippen LogP contribution < -0.4 is 9.64 Å². The van der Waals surface area contributed by atoms with E-state index in [4.69, 9.17) is 9.47 Å². The maximum absolute atomic E-state index is 12.2. The molecule has 3 rings (SSSR count). The lowest BCUT2D eigenvalue weighted by molar-refractivity contribution is -0.116. The molecule has 0 aliphatic rings. The molecule has 0 unspecified atom stereocenters. The first-order chi connectivity index (χ1) is 15.0. The number of amides is 1. The minimum Gasteiger partial charge on any atom is -0.497 e. The van der Waals surface area contributed by atoms with Gasteiger partial charge in [-0.1, -0.05) is 42.5 Å². The maximum Gasteiger partial charge on any atom is 0.337 e. The number of nitrogens with zero attached hydrogens (tertiary/aromatic N) is 1. The fourth-order valence-corrected chi connectivity index (χ4v) is 3.16. The smallest absolute Gasteiger partial charge is 0.337 e. The van der Waals surface area contributed by atoms with E-state index in [1.165, 1.54) is 7.11 Å². The lowest BCUT2D eigenvalue weighted by Gasteiger charge is -2.22. The van der Waals surface area contributed by atoms with Crippen molar-refractivity contribution in [2.24, 2.45) is 0 Å². The summed E-state index contributed by atoms with van der Waals surface area (Å²) in [5.74, 6) is 0.367. The van der Waals surface area contributed by atoms with Gasteiger partial charge in [0.2, 0.25) is 5.91 Å². The summed E-state index contributed by atoms with van der Waals surface area (Å²) >= 11 is 0. The number of methoxy groups -OCH3 is 2. The summed E-state index contributed by atoms with van der Waals surface area (Å²) in [6.07, 6.45) is 3.98. The summed E-state index contributed by atoms with van der Waals surface area (Å²) in [6.45, 7) is 2.03. The van der Waals surface area contributed by atoms with Gasteiger partial charge in [-0.2, -0.15) is 0 Å². The molecule has 1 amide bonds. The zero-order valence-electron chi connectivity index (χ0n) is 17.9. The van der Waals surface area contributed by atoms with Crippen molar-refractivity contribution in [3.8, 4) is 5.75 Å². The molecule has 158 valence electrons. The van der Waals surface area contributed by atoms with E-state index in [9.17, 15) is 9.59 Å². The number of carbonyl (C=O) groups excluding carboxylic acids is 2. The molecule has 0 aliphatic carbocycles. The molecule has 3 aromatic carbocycles. The van der Waals surface area contributed by atoms with Crippen LogP contribution in [-0.2, 0) is 16.1 Å². The zero-order chi connectivity index (χ0) is 22.2. The largest absolute Gasteiger partial charge is 0.497 e. The average Bonchev–Trinajstić information content (AvgIpc) is 2.81. The molecule has 0 N–H and O–H groups in total. The molecule has 5 nitrogen and oxygen atoms in total. The van der Waals surface area contributed by atoms with Gasteiger partial charge in [0.05, 0.1) is 26.3 Å². The van der Waals surface area contributed by atoms with Crippen LogP contribution in [-0.4, -0.2) is 26.1 Å². The Morgan fingerprint density at radius 3 is 2.16 bits per heavy atom. The van der Waals surface area contributed by atoms with Gasteiger partial charge in [0.25, 0.3) is 0 Å². The van der Waals surface area contributed by atoms with Crippen LogP contribution in [0.4, 0.5) is 5.69 Å². The quantitative estimate of drug-likeness (QED) is 0.393. The van der Waals surface area contributed by atoms with Crippen LogP contribution in [0, 0.1) is 0 Å². The number of hydrogen-bond acceptors (Lipinski definition) is 4. The number of hydrogen-bond donors (Lipinski definition) is 0. The van der Waals surface area contributed by atoms with E-state index in [2.05, 4.69) is 6.07 Å². The van der Waals surface area contributed by atoms with Crippen molar-refractivity contribution in [2.45, 2.75) is 13.5 Å². The highest BCUT2D eigenvalue weighted by atomic mass is 16.5. The van der Waals surface area contributed by atoms with Gasteiger partial charge >= 0.3 is 5.97 Å². The Hall–Kier alpha value is -3.86. The lowest BCUT2D eigenvalue weighted by atomic mass is 10.1. The molecule has 31 heavy (non-hydrogen) atoms. The minimum atomic E-state index is -0.352. The molecule has 0 bridgehead atoms. The van der Waals surface area contributed by atoms with Gasteiger partial charge in [-0.3, -0.25) is 4.79 Å². The molecule has 5 heteroatoms. The number of benzene rings is 3. The van der Waals surface area contributed by atoms with Gasteiger partial charge in [0.1, 0.15) is 5.75 Å². The first-order valence-electron chi connectivity index (χ1n) is 9.87. The molecule has 0 aliphatic heterocycles. The van der Waals surface area contributed by atoms with Crippen LogP contribution in [0.2, 0.25) is 0 Å². The third kappa shape index (κ3) is 5.82. The molecular weight excluding hydrogens is 390 g/mol. The van der Waals surface area contributed by atoms with Crippen LogP contribution in [0.25, 0.3) is 12.2 Å². The van der Waals surface area contributed by atoms with Crippen molar-refractivity contribution in [1.82, 2.24) is 0 Å². The number of anilines is 1. The van der Waals surface area contributed by atoms with E-state index < -0.39 is 0 Å². The summed E-state index contributed by atoms with van der Waals surface area (Å²) in [6, 6.07) is 22.7. The molecular formula is C26H25NO4. The highest BCUT2D eigenvalue weighted by Crippen LogP contribution is 2.22. The Bertz CT molecular complexity index is 1070. The van der Waals surface area contributed by atoms with E-state index in [1.54, 1.807) is 31.1 Å². The Morgan fingerprint density at radius 2 is 1.55 bits per heavy atom. The summed E-state index contributed by atoms with van der Waals surface area (Å²) in [5.41, 5.74) is 4.35. The molecule has 0 spiro atoms. The van der Waals surface area contributed by atoms with Gasteiger partial charge in [-0.05, 0) is 59.2 Å². The molecule has 0 saturated carbocycles. The highest BCUT2D eigenvalue weighted by Gasteiger charge is 2.12. The second-order valence-corrected chi connectivity index (χ2v) is 7.00. The molecule has 0 atom stereocenters. The van der Waals surface area contributed by atoms with Crippen LogP contribution in [0.15, 0.2) is 72.8 Å². The summed E-state index contributed by atoms with van der Waals surface area (Å²) < 4.78 is 9.92. The Labute approximate surface area is 182 Å². The standard InChI is InChI=1S/C26H25NO4/c1-19(28)27(24-13-15-25(30-2)16-14-24)18-22-6-4-5-21(17-22)8-7-20-9-11-23(12-10-20)26(29)31-3/h4-17H,18H2,1-3H3/b8-7-.